The Morgan fingerprint density at radius 3 is 2.50 bits per heavy atom. The summed E-state index contributed by atoms with van der Waals surface area (Å²) in [5.41, 5.74) is -0.787. The Balaban J connectivity index is 2.66. The lowest BCUT2D eigenvalue weighted by molar-refractivity contribution is -0.145. The van der Waals surface area contributed by atoms with Crippen LogP contribution in [-0.2, 0) is 15.1 Å². The zero-order valence-electron chi connectivity index (χ0n) is 10.9. The van der Waals surface area contributed by atoms with E-state index in [1.54, 1.807) is 25.4 Å². The maximum atomic E-state index is 11.7. The first-order valence-corrected chi connectivity index (χ1v) is 6.53. The van der Waals surface area contributed by atoms with Crippen LogP contribution in [0.5, 0.6) is 0 Å². The summed E-state index contributed by atoms with van der Waals surface area (Å²) in [7, 11) is 0. The summed E-state index contributed by atoms with van der Waals surface area (Å²) in [5.74, 6) is -2.72. The Labute approximate surface area is 118 Å². The van der Waals surface area contributed by atoms with Gasteiger partial charge >= 0.3 is 18.0 Å². The number of rotatable bonds is 6. The van der Waals surface area contributed by atoms with Crippen LogP contribution in [-0.4, -0.2) is 39.2 Å². The second kappa shape index (κ2) is 6.33. The summed E-state index contributed by atoms with van der Waals surface area (Å²) < 4.78 is 0. The van der Waals surface area contributed by atoms with Crippen LogP contribution in [0.4, 0.5) is 4.79 Å². The van der Waals surface area contributed by atoms with E-state index in [-0.39, 0.29) is 0 Å². The third kappa shape index (κ3) is 4.50. The highest BCUT2D eigenvalue weighted by molar-refractivity contribution is 7.09. The van der Waals surface area contributed by atoms with Gasteiger partial charge in [0.05, 0.1) is 12.0 Å². The molecule has 110 valence electrons. The number of thiazole rings is 1. The highest BCUT2D eigenvalue weighted by atomic mass is 32.1. The number of carboxylic acid groups (broad SMARTS) is 2. The first-order chi connectivity index (χ1) is 9.22. The highest BCUT2D eigenvalue weighted by Crippen LogP contribution is 2.21. The van der Waals surface area contributed by atoms with Crippen molar-refractivity contribution < 1.29 is 24.6 Å². The Kier molecular flexibility index (Phi) is 5.03. The van der Waals surface area contributed by atoms with Crippen LogP contribution < -0.4 is 10.6 Å². The van der Waals surface area contributed by atoms with Crippen molar-refractivity contribution >= 4 is 29.3 Å². The molecule has 0 bridgehead atoms. The van der Waals surface area contributed by atoms with Gasteiger partial charge in [-0.1, -0.05) is 0 Å². The first-order valence-electron chi connectivity index (χ1n) is 5.65. The predicted octanol–water partition coefficient (Wildman–Crippen LogP) is 0.605. The smallest absolute Gasteiger partial charge is 0.326 e. The molecule has 0 aliphatic rings. The Bertz CT molecular complexity index is 500. The normalized spacial score (nSPS) is 12.5. The summed E-state index contributed by atoms with van der Waals surface area (Å²) in [6.45, 7) is 3.41. The van der Waals surface area contributed by atoms with E-state index in [0.717, 1.165) is 0 Å². The maximum absolute atomic E-state index is 11.7. The molecule has 0 aliphatic heterocycles. The van der Waals surface area contributed by atoms with Crippen molar-refractivity contribution in [2.24, 2.45) is 0 Å². The molecule has 0 aromatic carbocycles. The number of amides is 2. The van der Waals surface area contributed by atoms with Crippen LogP contribution >= 0.6 is 11.3 Å². The average Bonchev–Trinajstić information content (AvgIpc) is 2.80. The van der Waals surface area contributed by atoms with Crippen molar-refractivity contribution in [3.63, 3.8) is 0 Å². The molecule has 0 radical (unpaired) electrons. The fourth-order valence-electron chi connectivity index (χ4n) is 1.44. The fourth-order valence-corrected chi connectivity index (χ4v) is 2.16. The van der Waals surface area contributed by atoms with Crippen molar-refractivity contribution in [2.45, 2.75) is 31.8 Å². The number of hydrogen-bond acceptors (Lipinski definition) is 5. The van der Waals surface area contributed by atoms with Gasteiger partial charge in [0.25, 0.3) is 0 Å². The largest absolute Gasteiger partial charge is 0.481 e. The van der Waals surface area contributed by atoms with Gasteiger partial charge in [0.1, 0.15) is 11.0 Å². The second-order valence-electron chi connectivity index (χ2n) is 4.55. The Morgan fingerprint density at radius 2 is 2.05 bits per heavy atom. The standard InChI is InChI=1S/C11H15N3O5S/c1-11(2,9-12-3-4-20-9)14-10(19)13-6(8(17)18)5-7(15)16/h3-4,6H,5H2,1-2H3,(H,15,16)(H,17,18)(H2,13,14,19)/t6-/m1/s1. The number of urea groups is 1. The van der Waals surface area contributed by atoms with Crippen molar-refractivity contribution in [1.82, 2.24) is 15.6 Å². The molecular formula is C11H15N3O5S. The molecule has 1 atom stereocenters. The van der Waals surface area contributed by atoms with E-state index in [2.05, 4.69) is 15.6 Å². The van der Waals surface area contributed by atoms with Crippen LogP contribution in [0.1, 0.15) is 25.3 Å². The van der Waals surface area contributed by atoms with Gasteiger partial charge in [0.2, 0.25) is 0 Å². The van der Waals surface area contributed by atoms with Crippen LogP contribution in [0.25, 0.3) is 0 Å². The van der Waals surface area contributed by atoms with E-state index in [1.807, 2.05) is 0 Å². The van der Waals surface area contributed by atoms with E-state index < -0.39 is 36.0 Å². The van der Waals surface area contributed by atoms with Gasteiger partial charge in [-0.3, -0.25) is 4.79 Å². The summed E-state index contributed by atoms with van der Waals surface area (Å²) in [4.78, 5) is 37.2. The number of carbonyl (C=O) groups is 3. The molecule has 20 heavy (non-hydrogen) atoms. The number of nitrogens with one attached hydrogen (secondary N) is 2. The Hall–Kier alpha value is -2.16. The second-order valence-corrected chi connectivity index (χ2v) is 5.44. The number of carboxylic acids is 2. The van der Waals surface area contributed by atoms with Gasteiger partial charge in [-0.25, -0.2) is 14.6 Å². The van der Waals surface area contributed by atoms with E-state index in [4.69, 9.17) is 10.2 Å². The molecule has 0 fully saturated rings. The van der Waals surface area contributed by atoms with Gasteiger partial charge in [-0.2, -0.15) is 0 Å². The monoisotopic (exact) mass is 301 g/mol. The minimum Gasteiger partial charge on any atom is -0.481 e. The van der Waals surface area contributed by atoms with E-state index in [0.29, 0.717) is 5.01 Å². The number of nitrogens with zero attached hydrogens (tertiary/aromatic N) is 1. The maximum Gasteiger partial charge on any atom is 0.326 e. The molecular weight excluding hydrogens is 286 g/mol. The predicted molar refractivity (Wildman–Crippen MR) is 70.5 cm³/mol. The summed E-state index contributed by atoms with van der Waals surface area (Å²) >= 11 is 1.34. The molecule has 1 aromatic rings. The zero-order chi connectivity index (χ0) is 15.3. The molecule has 1 aromatic heterocycles. The molecule has 0 spiro atoms. The summed E-state index contributed by atoms with van der Waals surface area (Å²) in [6.07, 6.45) is 0.895. The molecule has 2 amide bonds. The number of aromatic nitrogens is 1. The quantitative estimate of drug-likeness (QED) is 0.609. The first kappa shape index (κ1) is 15.9. The summed E-state index contributed by atoms with van der Waals surface area (Å²) in [6, 6.07) is -2.25. The number of hydrogen-bond donors (Lipinski definition) is 4. The van der Waals surface area contributed by atoms with Gasteiger partial charge in [-0.05, 0) is 13.8 Å². The molecule has 9 heteroatoms. The van der Waals surface area contributed by atoms with Gasteiger partial charge in [-0.15, -0.1) is 11.3 Å². The number of carbonyl (C=O) groups excluding carboxylic acids is 1. The average molecular weight is 301 g/mol. The van der Waals surface area contributed by atoms with Crippen LogP contribution in [0.2, 0.25) is 0 Å². The lowest BCUT2D eigenvalue weighted by atomic mass is 10.1. The van der Waals surface area contributed by atoms with Gasteiger partial charge in [0, 0.05) is 11.6 Å². The van der Waals surface area contributed by atoms with Crippen LogP contribution in [0, 0.1) is 0 Å². The molecule has 1 rings (SSSR count). The van der Waals surface area contributed by atoms with Crippen molar-refractivity contribution in [2.75, 3.05) is 0 Å². The molecule has 0 saturated heterocycles. The minimum atomic E-state index is -1.49. The van der Waals surface area contributed by atoms with Gasteiger partial charge in [0.15, 0.2) is 0 Å². The van der Waals surface area contributed by atoms with Crippen molar-refractivity contribution in [3.05, 3.63) is 16.6 Å². The van der Waals surface area contributed by atoms with E-state index >= 15 is 0 Å². The topological polar surface area (TPSA) is 129 Å². The van der Waals surface area contributed by atoms with Crippen LogP contribution in [0.15, 0.2) is 11.6 Å². The molecule has 0 saturated carbocycles. The summed E-state index contributed by atoms with van der Waals surface area (Å²) in [5, 5.41) is 24.5. The van der Waals surface area contributed by atoms with Crippen molar-refractivity contribution in [3.8, 4) is 0 Å². The molecule has 4 N–H and O–H groups in total. The third-order valence-electron chi connectivity index (χ3n) is 2.38. The van der Waals surface area contributed by atoms with E-state index in [9.17, 15) is 14.4 Å². The van der Waals surface area contributed by atoms with Gasteiger partial charge < -0.3 is 20.8 Å². The SMILES string of the molecule is CC(C)(NC(=O)N[C@H](CC(=O)O)C(=O)O)c1nccs1. The molecule has 8 nitrogen and oxygen atoms in total. The highest BCUT2D eigenvalue weighted by Gasteiger charge is 2.28. The Morgan fingerprint density at radius 1 is 1.40 bits per heavy atom. The van der Waals surface area contributed by atoms with Crippen molar-refractivity contribution in [1.29, 1.82) is 0 Å². The molecule has 0 unspecified atom stereocenters. The third-order valence-corrected chi connectivity index (χ3v) is 3.47. The van der Waals surface area contributed by atoms with Crippen LogP contribution in [0.3, 0.4) is 0 Å². The lowest BCUT2D eigenvalue weighted by Gasteiger charge is -2.25. The molecule has 0 aliphatic carbocycles. The minimum absolute atomic E-state index is 0.651. The lowest BCUT2D eigenvalue weighted by Crippen LogP contribution is -2.52. The number of aliphatic carboxylic acids is 2. The molecule has 1 heterocycles. The van der Waals surface area contributed by atoms with E-state index in [1.165, 1.54) is 11.3 Å². The zero-order valence-corrected chi connectivity index (χ0v) is 11.7. The fraction of sp³-hybridized carbons (Fsp3) is 0.455.